The van der Waals surface area contributed by atoms with Crippen LogP contribution in [0.5, 0.6) is 11.5 Å². The molecule has 2 atom stereocenters. The van der Waals surface area contributed by atoms with E-state index in [1.165, 1.54) is 21.8 Å². The molecule has 2 aliphatic heterocycles. The highest BCUT2D eigenvalue weighted by molar-refractivity contribution is 5.96. The van der Waals surface area contributed by atoms with Crippen molar-refractivity contribution >= 4 is 5.91 Å². The summed E-state index contributed by atoms with van der Waals surface area (Å²) in [5, 5.41) is 12.3. The van der Waals surface area contributed by atoms with Crippen LogP contribution in [-0.4, -0.2) is 44.9 Å². The van der Waals surface area contributed by atoms with Crippen LogP contribution in [-0.2, 0) is 0 Å². The Bertz CT molecular complexity index is 1380. The monoisotopic (exact) mass is 480 g/mol. The van der Waals surface area contributed by atoms with Crippen LogP contribution in [0.4, 0.5) is 8.78 Å². The van der Waals surface area contributed by atoms with Crippen molar-refractivity contribution in [2.75, 3.05) is 18.3 Å². The molecule has 0 radical (unpaired) electrons. The topological polar surface area (TPSA) is 87.9 Å². The van der Waals surface area contributed by atoms with Gasteiger partial charge in [-0.15, -0.1) is 0 Å². The number of nitrogens with zero attached hydrogens (tertiary/aromatic N) is 4. The highest BCUT2D eigenvalue weighted by Gasteiger charge is 2.40. The van der Waals surface area contributed by atoms with E-state index in [2.05, 4.69) is 4.98 Å². The maximum Gasteiger partial charge on any atom is 0.278 e. The van der Waals surface area contributed by atoms with Gasteiger partial charge in [0.05, 0.1) is 11.7 Å². The Balaban J connectivity index is 1.84. The highest BCUT2D eigenvalue weighted by Crippen LogP contribution is 2.38. The SMILES string of the molecule is CC[C@H]1/C=C/COc2c(ccc(F)c2F)[C@@H](c2ccccn2)N2CN1C(=O)c1c(O)c(=O)ccn12. The molecule has 2 aliphatic rings. The molecular weight excluding hydrogens is 458 g/mol. The first-order chi connectivity index (χ1) is 16.9. The van der Waals surface area contributed by atoms with Gasteiger partial charge in [0.1, 0.15) is 19.3 Å². The van der Waals surface area contributed by atoms with Crippen molar-refractivity contribution in [2.24, 2.45) is 0 Å². The quantitative estimate of drug-likeness (QED) is 0.568. The largest absolute Gasteiger partial charge is 0.502 e. The fraction of sp³-hybridized carbons (Fsp3) is 0.240. The Morgan fingerprint density at radius 2 is 2.00 bits per heavy atom. The number of aromatic hydroxyl groups is 1. The predicted octanol–water partition coefficient (Wildman–Crippen LogP) is 3.10. The number of hydrogen-bond donors (Lipinski definition) is 1. The summed E-state index contributed by atoms with van der Waals surface area (Å²) in [4.78, 5) is 31.7. The molecule has 0 aliphatic carbocycles. The molecule has 10 heteroatoms. The first kappa shape index (κ1) is 22.6. The molecule has 2 aromatic heterocycles. The number of halogens is 2. The Morgan fingerprint density at radius 1 is 1.17 bits per heavy atom. The molecule has 5 rings (SSSR count). The number of aromatic nitrogens is 2. The van der Waals surface area contributed by atoms with Crippen molar-refractivity contribution < 1.29 is 23.4 Å². The third-order valence-electron chi connectivity index (χ3n) is 6.23. The minimum Gasteiger partial charge on any atom is -0.502 e. The van der Waals surface area contributed by atoms with Crippen LogP contribution < -0.4 is 15.2 Å². The predicted molar refractivity (Wildman–Crippen MR) is 123 cm³/mol. The number of amides is 1. The van der Waals surface area contributed by atoms with Crippen LogP contribution in [0, 0.1) is 11.6 Å². The van der Waals surface area contributed by atoms with Crippen molar-refractivity contribution in [1.29, 1.82) is 0 Å². The van der Waals surface area contributed by atoms with E-state index in [9.17, 15) is 19.1 Å². The smallest absolute Gasteiger partial charge is 0.278 e. The van der Waals surface area contributed by atoms with Crippen molar-refractivity contribution in [1.82, 2.24) is 14.6 Å². The average Bonchev–Trinajstić information content (AvgIpc) is 2.89. The molecule has 3 aromatic rings. The number of rotatable bonds is 2. The maximum absolute atomic E-state index is 15.0. The van der Waals surface area contributed by atoms with Crippen LogP contribution in [0.25, 0.3) is 0 Å². The van der Waals surface area contributed by atoms with E-state index >= 15 is 4.39 Å². The summed E-state index contributed by atoms with van der Waals surface area (Å²) in [5.74, 6) is -3.71. The number of benzene rings is 1. The number of pyridine rings is 2. The number of fused-ring (bicyclic) bond motifs is 5. The Hall–Kier alpha value is -4.21. The van der Waals surface area contributed by atoms with Crippen LogP contribution >= 0.6 is 0 Å². The molecule has 2 bridgehead atoms. The fourth-order valence-corrected chi connectivity index (χ4v) is 4.54. The van der Waals surface area contributed by atoms with E-state index in [-0.39, 0.29) is 30.3 Å². The van der Waals surface area contributed by atoms with E-state index in [4.69, 9.17) is 4.74 Å². The molecule has 35 heavy (non-hydrogen) atoms. The molecule has 0 fully saturated rings. The van der Waals surface area contributed by atoms with Gasteiger partial charge >= 0.3 is 0 Å². The first-order valence-corrected chi connectivity index (χ1v) is 11.1. The summed E-state index contributed by atoms with van der Waals surface area (Å²) in [6.45, 7) is 1.84. The Kier molecular flexibility index (Phi) is 5.72. The van der Waals surface area contributed by atoms with Crippen LogP contribution in [0.15, 0.2) is 65.7 Å². The first-order valence-electron chi connectivity index (χ1n) is 11.1. The third kappa shape index (κ3) is 3.71. The molecule has 1 amide bonds. The van der Waals surface area contributed by atoms with Crippen molar-refractivity contribution in [3.63, 3.8) is 0 Å². The van der Waals surface area contributed by atoms with Crippen molar-refractivity contribution in [3.05, 3.63) is 99.8 Å². The van der Waals surface area contributed by atoms with Gasteiger partial charge in [0.25, 0.3) is 5.91 Å². The molecule has 4 heterocycles. The minimum absolute atomic E-state index is 0.0106. The maximum atomic E-state index is 15.0. The normalized spacial score (nSPS) is 20.4. The second-order valence-electron chi connectivity index (χ2n) is 8.23. The zero-order valence-corrected chi connectivity index (χ0v) is 18.8. The molecular formula is C25H22F2N4O4. The Morgan fingerprint density at radius 3 is 2.74 bits per heavy atom. The van der Waals surface area contributed by atoms with Crippen LogP contribution in [0.3, 0.4) is 0 Å². The second kappa shape index (κ2) is 8.86. The second-order valence-corrected chi connectivity index (χ2v) is 8.23. The van der Waals surface area contributed by atoms with E-state index in [0.717, 1.165) is 12.1 Å². The number of carbonyl (C=O) groups excluding carboxylic acids is 1. The summed E-state index contributed by atoms with van der Waals surface area (Å²) in [5.41, 5.74) is -0.196. The average molecular weight is 480 g/mol. The minimum atomic E-state index is -1.14. The lowest BCUT2D eigenvalue weighted by atomic mass is 10.00. The molecule has 180 valence electrons. The third-order valence-corrected chi connectivity index (χ3v) is 6.23. The summed E-state index contributed by atoms with van der Waals surface area (Å²) in [6.07, 6.45) is 6.83. The highest BCUT2D eigenvalue weighted by atomic mass is 19.2. The van der Waals surface area contributed by atoms with Crippen LogP contribution in [0.2, 0.25) is 0 Å². The molecule has 0 saturated carbocycles. The summed E-state index contributed by atoms with van der Waals surface area (Å²) in [6, 6.07) is 7.47. The number of hydrogen-bond acceptors (Lipinski definition) is 6. The van der Waals surface area contributed by atoms with E-state index in [1.807, 2.05) is 6.92 Å². The molecule has 0 unspecified atom stereocenters. The van der Waals surface area contributed by atoms with Gasteiger partial charge in [0.15, 0.2) is 23.0 Å². The molecule has 8 nitrogen and oxygen atoms in total. The van der Waals surface area contributed by atoms with Crippen molar-refractivity contribution in [2.45, 2.75) is 25.4 Å². The summed E-state index contributed by atoms with van der Waals surface area (Å²) < 4.78 is 36.4. The van der Waals surface area contributed by atoms with Gasteiger partial charge in [-0.3, -0.25) is 24.3 Å². The van der Waals surface area contributed by atoms with Gasteiger partial charge in [-0.2, -0.15) is 4.39 Å². The van der Waals surface area contributed by atoms with Gasteiger partial charge in [-0.25, -0.2) is 4.39 Å². The zero-order chi connectivity index (χ0) is 24.7. The lowest BCUT2D eigenvalue weighted by Gasteiger charge is -2.45. The lowest BCUT2D eigenvalue weighted by molar-refractivity contribution is 0.0625. The van der Waals surface area contributed by atoms with Gasteiger partial charge in [0.2, 0.25) is 11.2 Å². The fourth-order valence-electron chi connectivity index (χ4n) is 4.54. The zero-order valence-electron chi connectivity index (χ0n) is 18.8. The standard InChI is InChI=1S/C25H22F2N4O4/c1-2-15-6-5-13-35-24-16(8-9-17(26)20(24)27)21(18-7-3-4-11-28-18)31-14-29(15)25(34)22-23(33)19(32)10-12-30(22)31/h3-12,15,21,33H,2,13-14H2,1H3/b6-5+/t15-,21-/m0/s1. The van der Waals surface area contributed by atoms with Gasteiger partial charge < -0.3 is 14.7 Å². The summed E-state index contributed by atoms with van der Waals surface area (Å²) >= 11 is 0. The number of carbonyl (C=O) groups is 1. The molecule has 1 N–H and O–H groups in total. The van der Waals surface area contributed by atoms with E-state index in [0.29, 0.717) is 12.1 Å². The van der Waals surface area contributed by atoms with Gasteiger partial charge in [-0.1, -0.05) is 19.1 Å². The Labute approximate surface area is 199 Å². The van der Waals surface area contributed by atoms with E-state index in [1.54, 1.807) is 41.6 Å². The molecule has 1 aromatic carbocycles. The molecule has 0 saturated heterocycles. The van der Waals surface area contributed by atoms with Crippen LogP contribution in [0.1, 0.15) is 41.1 Å². The van der Waals surface area contributed by atoms with Gasteiger partial charge in [-0.05, 0) is 36.8 Å². The van der Waals surface area contributed by atoms with E-state index < -0.39 is 40.8 Å². The van der Waals surface area contributed by atoms with Crippen molar-refractivity contribution in [3.8, 4) is 11.5 Å². The number of ether oxygens (including phenoxy) is 1. The summed E-state index contributed by atoms with van der Waals surface area (Å²) in [7, 11) is 0. The lowest BCUT2D eigenvalue weighted by Crippen LogP contribution is -2.57. The van der Waals surface area contributed by atoms with Gasteiger partial charge in [0, 0.05) is 24.0 Å². The molecule has 0 spiro atoms.